The molecule has 0 spiro atoms. The number of ether oxygens (including phenoxy) is 1. The number of guanidine groups is 1. The number of nitrogens with one attached hydrogen (secondary N) is 2. The van der Waals surface area contributed by atoms with Gasteiger partial charge in [0.05, 0.1) is 12.5 Å². The number of carbonyl (C=O) groups excluding carboxylic acids is 1. The minimum atomic E-state index is -0.193. The molecule has 0 aromatic heterocycles. The number of hydrogen-bond donors (Lipinski definition) is 2. The fourth-order valence-electron chi connectivity index (χ4n) is 1.97. The number of rotatable bonds is 8. The third kappa shape index (κ3) is 8.29. The van der Waals surface area contributed by atoms with Crippen molar-refractivity contribution in [3.8, 4) is 0 Å². The summed E-state index contributed by atoms with van der Waals surface area (Å²) in [6, 6.07) is 10.4. The first kappa shape index (κ1) is 18.0. The Morgan fingerprint density at radius 1 is 1.18 bits per heavy atom. The van der Waals surface area contributed by atoms with Crippen molar-refractivity contribution in [1.82, 2.24) is 10.6 Å². The summed E-state index contributed by atoms with van der Waals surface area (Å²) in [5.41, 5.74) is 1.34. The summed E-state index contributed by atoms with van der Waals surface area (Å²) in [6.45, 7) is 5.05. The molecule has 0 fully saturated rings. The second kappa shape index (κ2) is 10.7. The highest BCUT2D eigenvalue weighted by Crippen LogP contribution is 2.01. The lowest BCUT2D eigenvalue weighted by atomic mass is 10.1. The summed E-state index contributed by atoms with van der Waals surface area (Å²) in [5, 5.41) is 6.35. The molecule has 122 valence electrons. The molecule has 2 N–H and O–H groups in total. The van der Waals surface area contributed by atoms with Gasteiger partial charge in [-0.25, -0.2) is 0 Å². The number of nitrogens with zero attached hydrogens (tertiary/aromatic N) is 1. The first-order valence-corrected chi connectivity index (χ1v) is 7.79. The van der Waals surface area contributed by atoms with E-state index in [0.717, 1.165) is 19.4 Å². The van der Waals surface area contributed by atoms with Gasteiger partial charge in [-0.2, -0.15) is 0 Å². The molecule has 0 aliphatic carbocycles. The summed E-state index contributed by atoms with van der Waals surface area (Å²) in [7, 11) is 1.72. The van der Waals surface area contributed by atoms with Crippen molar-refractivity contribution < 1.29 is 9.53 Å². The van der Waals surface area contributed by atoms with Crippen LogP contribution < -0.4 is 10.6 Å². The Hall–Kier alpha value is -2.04. The van der Waals surface area contributed by atoms with Gasteiger partial charge in [-0.15, -0.1) is 0 Å². The van der Waals surface area contributed by atoms with Crippen LogP contribution in [0.3, 0.4) is 0 Å². The van der Waals surface area contributed by atoms with Gasteiger partial charge < -0.3 is 15.4 Å². The zero-order chi connectivity index (χ0) is 16.2. The molecule has 0 aliphatic rings. The molecule has 0 bridgehead atoms. The fraction of sp³-hybridized carbons (Fsp3) is 0.529. The lowest BCUT2D eigenvalue weighted by molar-refractivity contribution is -0.147. The number of aliphatic imine (C=N–C) groups is 1. The van der Waals surface area contributed by atoms with E-state index in [1.807, 2.05) is 19.9 Å². The zero-order valence-electron chi connectivity index (χ0n) is 13.8. The fourth-order valence-corrected chi connectivity index (χ4v) is 1.97. The van der Waals surface area contributed by atoms with Crippen molar-refractivity contribution in [2.45, 2.75) is 39.2 Å². The smallest absolute Gasteiger partial charge is 0.307 e. The van der Waals surface area contributed by atoms with Gasteiger partial charge >= 0.3 is 5.97 Å². The molecule has 5 nitrogen and oxygen atoms in total. The van der Waals surface area contributed by atoms with Gasteiger partial charge in [0.1, 0.15) is 0 Å². The molecular formula is C17H27N3O2. The zero-order valence-corrected chi connectivity index (χ0v) is 13.8. The minimum Gasteiger partial charge on any atom is -0.463 e. The van der Waals surface area contributed by atoms with E-state index in [1.54, 1.807) is 7.05 Å². The molecule has 0 saturated carbocycles. The predicted molar refractivity (Wildman–Crippen MR) is 90.0 cm³/mol. The number of aryl methyl sites for hydroxylation is 1. The first-order chi connectivity index (χ1) is 10.6. The Bertz CT molecular complexity index is 458. The van der Waals surface area contributed by atoms with Crippen molar-refractivity contribution in [3.05, 3.63) is 35.9 Å². The van der Waals surface area contributed by atoms with Crippen LogP contribution in [0, 0.1) is 0 Å². The Kier molecular flexibility index (Phi) is 8.72. The van der Waals surface area contributed by atoms with Gasteiger partial charge in [-0.05, 0) is 32.3 Å². The average molecular weight is 305 g/mol. The molecule has 0 atom stereocenters. The van der Waals surface area contributed by atoms with Crippen LogP contribution in [0.5, 0.6) is 0 Å². The second-order valence-corrected chi connectivity index (χ2v) is 5.30. The Morgan fingerprint density at radius 3 is 2.50 bits per heavy atom. The Balaban J connectivity index is 2.13. The van der Waals surface area contributed by atoms with Crippen molar-refractivity contribution in [1.29, 1.82) is 0 Å². The van der Waals surface area contributed by atoms with E-state index in [4.69, 9.17) is 4.74 Å². The van der Waals surface area contributed by atoms with Crippen molar-refractivity contribution in [3.63, 3.8) is 0 Å². The molecule has 1 aromatic rings. The molecule has 0 heterocycles. The van der Waals surface area contributed by atoms with Gasteiger partial charge in [0.25, 0.3) is 0 Å². The first-order valence-electron chi connectivity index (χ1n) is 7.79. The molecule has 1 rings (SSSR count). The number of carbonyl (C=O) groups is 1. The molecular weight excluding hydrogens is 278 g/mol. The molecule has 5 heteroatoms. The second-order valence-electron chi connectivity index (χ2n) is 5.30. The SMILES string of the molecule is CN=C(NCCCc1ccccc1)NCCC(=O)OC(C)C. The maximum atomic E-state index is 11.4. The Labute approximate surface area is 133 Å². The van der Waals surface area contributed by atoms with Crippen molar-refractivity contribution in [2.75, 3.05) is 20.1 Å². The highest BCUT2D eigenvalue weighted by Gasteiger charge is 2.05. The van der Waals surface area contributed by atoms with E-state index >= 15 is 0 Å². The number of esters is 1. The molecule has 1 aromatic carbocycles. The van der Waals surface area contributed by atoms with Crippen LogP contribution in [-0.4, -0.2) is 38.2 Å². The molecule has 0 radical (unpaired) electrons. The maximum absolute atomic E-state index is 11.4. The summed E-state index contributed by atoms with van der Waals surface area (Å²) < 4.78 is 5.07. The molecule has 22 heavy (non-hydrogen) atoms. The van der Waals surface area contributed by atoms with Crippen LogP contribution in [0.4, 0.5) is 0 Å². The minimum absolute atomic E-state index is 0.0667. The topological polar surface area (TPSA) is 62.7 Å². The third-order valence-corrected chi connectivity index (χ3v) is 2.99. The van der Waals surface area contributed by atoms with Crippen molar-refractivity contribution in [2.24, 2.45) is 4.99 Å². The largest absolute Gasteiger partial charge is 0.463 e. The van der Waals surface area contributed by atoms with E-state index < -0.39 is 0 Å². The Morgan fingerprint density at radius 2 is 1.86 bits per heavy atom. The average Bonchev–Trinajstić information content (AvgIpc) is 2.50. The van der Waals surface area contributed by atoms with Gasteiger partial charge in [0.2, 0.25) is 0 Å². The predicted octanol–water partition coefficient (Wildman–Crippen LogP) is 2.13. The van der Waals surface area contributed by atoms with Crippen LogP contribution >= 0.6 is 0 Å². The third-order valence-electron chi connectivity index (χ3n) is 2.99. The maximum Gasteiger partial charge on any atom is 0.307 e. The van der Waals surface area contributed by atoms with Crippen LogP contribution in [0.15, 0.2) is 35.3 Å². The molecule has 0 saturated heterocycles. The lowest BCUT2D eigenvalue weighted by Gasteiger charge is -2.12. The number of benzene rings is 1. The van der Waals surface area contributed by atoms with E-state index in [0.29, 0.717) is 18.9 Å². The van der Waals surface area contributed by atoms with Gasteiger partial charge in [-0.1, -0.05) is 30.3 Å². The van der Waals surface area contributed by atoms with Crippen LogP contribution in [0.2, 0.25) is 0 Å². The van der Waals surface area contributed by atoms with E-state index in [-0.39, 0.29) is 12.1 Å². The molecule has 0 amide bonds. The van der Waals surface area contributed by atoms with Crippen LogP contribution in [0.1, 0.15) is 32.3 Å². The van der Waals surface area contributed by atoms with Crippen molar-refractivity contribution >= 4 is 11.9 Å². The van der Waals surface area contributed by atoms with Gasteiger partial charge in [-0.3, -0.25) is 9.79 Å². The van der Waals surface area contributed by atoms with Gasteiger partial charge in [0.15, 0.2) is 5.96 Å². The highest BCUT2D eigenvalue weighted by molar-refractivity contribution is 5.80. The van der Waals surface area contributed by atoms with Crippen LogP contribution in [-0.2, 0) is 16.0 Å². The molecule has 0 unspecified atom stereocenters. The summed E-state index contributed by atoms with van der Waals surface area (Å²) >= 11 is 0. The highest BCUT2D eigenvalue weighted by atomic mass is 16.5. The van der Waals surface area contributed by atoms with E-state index in [9.17, 15) is 4.79 Å². The van der Waals surface area contributed by atoms with E-state index in [1.165, 1.54) is 5.56 Å². The quantitative estimate of drug-likeness (QED) is 0.334. The summed E-state index contributed by atoms with van der Waals surface area (Å²) in [4.78, 5) is 15.6. The standard InChI is InChI=1S/C17H27N3O2/c1-14(2)22-16(21)11-13-20-17(18-3)19-12-7-10-15-8-5-4-6-9-15/h4-6,8-9,14H,7,10-13H2,1-3H3,(H2,18,19,20). The summed E-state index contributed by atoms with van der Waals surface area (Å²) in [6.07, 6.45) is 2.33. The lowest BCUT2D eigenvalue weighted by Crippen LogP contribution is -2.39. The molecule has 0 aliphatic heterocycles. The summed E-state index contributed by atoms with van der Waals surface area (Å²) in [5.74, 6) is 0.521. The monoisotopic (exact) mass is 305 g/mol. The van der Waals surface area contributed by atoms with E-state index in [2.05, 4.69) is 39.9 Å². The van der Waals surface area contributed by atoms with Gasteiger partial charge in [0, 0.05) is 20.1 Å². The normalized spacial score (nSPS) is 11.4. The van der Waals surface area contributed by atoms with Crippen LogP contribution in [0.25, 0.3) is 0 Å². The number of hydrogen-bond acceptors (Lipinski definition) is 3.